The van der Waals surface area contributed by atoms with Gasteiger partial charge in [-0.3, -0.25) is 9.78 Å². The number of aryl methyl sites for hydroxylation is 2. The fourth-order valence-electron chi connectivity index (χ4n) is 4.46. The maximum atomic E-state index is 13.4. The molecule has 1 aromatic heterocycles. The van der Waals surface area contributed by atoms with Crippen LogP contribution in [0.25, 0.3) is 11.1 Å². The molecule has 2 aliphatic rings. The third-order valence-electron chi connectivity index (χ3n) is 5.49. The summed E-state index contributed by atoms with van der Waals surface area (Å²) in [5.74, 6) is 0.448. The number of rotatable bonds is 4. The van der Waals surface area contributed by atoms with Crippen LogP contribution in [0.1, 0.15) is 54.0 Å². The molecule has 136 valence electrons. The monoisotopic (exact) mass is 350 g/mol. The summed E-state index contributed by atoms with van der Waals surface area (Å²) in [5, 5.41) is 10.7. The Morgan fingerprint density at radius 1 is 1.19 bits per heavy atom. The summed E-state index contributed by atoms with van der Waals surface area (Å²) in [4.78, 5) is 19.7. The number of fused-ring (bicyclic) bond motifs is 1. The quantitative estimate of drug-likeness (QED) is 0.911. The zero-order chi connectivity index (χ0) is 18.6. The number of hydrogen-bond donors (Lipinski definition) is 1. The SMILES string of the molecule is Cc1cc(-c2cccc3c2C(=O)N([C@H](C2CC2)C(C)(C)O)C3)cc(C)n1. The average Bonchev–Trinajstić information content (AvgIpc) is 3.30. The number of pyridine rings is 1. The normalized spacial score (nSPS) is 18.2. The highest BCUT2D eigenvalue weighted by atomic mass is 16.3. The molecule has 1 aliphatic carbocycles. The first-order chi connectivity index (χ1) is 12.3. The predicted octanol–water partition coefficient (Wildman–Crippen LogP) is 3.87. The van der Waals surface area contributed by atoms with Crippen molar-refractivity contribution in [2.24, 2.45) is 5.92 Å². The van der Waals surface area contributed by atoms with Crippen molar-refractivity contribution in [1.82, 2.24) is 9.88 Å². The molecule has 4 heteroatoms. The number of carbonyl (C=O) groups excluding carboxylic acids is 1. The molecule has 1 fully saturated rings. The molecule has 1 N–H and O–H groups in total. The zero-order valence-electron chi connectivity index (χ0n) is 15.9. The minimum atomic E-state index is -0.900. The summed E-state index contributed by atoms with van der Waals surface area (Å²) in [5.41, 5.74) is 4.84. The molecule has 0 radical (unpaired) electrons. The highest BCUT2D eigenvalue weighted by Gasteiger charge is 2.48. The lowest BCUT2D eigenvalue weighted by Crippen LogP contribution is -2.51. The molecule has 26 heavy (non-hydrogen) atoms. The molecule has 0 unspecified atom stereocenters. The van der Waals surface area contributed by atoms with Crippen LogP contribution in [0, 0.1) is 19.8 Å². The molecule has 2 heterocycles. The minimum Gasteiger partial charge on any atom is -0.388 e. The van der Waals surface area contributed by atoms with E-state index in [1.807, 2.05) is 62.9 Å². The van der Waals surface area contributed by atoms with Gasteiger partial charge in [0.15, 0.2) is 0 Å². The van der Waals surface area contributed by atoms with Crippen LogP contribution in [0.15, 0.2) is 30.3 Å². The van der Waals surface area contributed by atoms with Crippen molar-refractivity contribution >= 4 is 5.91 Å². The van der Waals surface area contributed by atoms with Gasteiger partial charge in [0.25, 0.3) is 5.91 Å². The van der Waals surface area contributed by atoms with Crippen LogP contribution in [-0.2, 0) is 6.54 Å². The third kappa shape index (κ3) is 2.92. The van der Waals surface area contributed by atoms with E-state index >= 15 is 0 Å². The molecular formula is C22H26N2O2. The van der Waals surface area contributed by atoms with E-state index in [-0.39, 0.29) is 11.9 Å². The fraction of sp³-hybridized carbons (Fsp3) is 0.455. The van der Waals surface area contributed by atoms with Gasteiger partial charge < -0.3 is 10.0 Å². The molecule has 1 saturated carbocycles. The molecular weight excluding hydrogens is 324 g/mol. The second-order valence-corrected chi connectivity index (χ2v) is 8.35. The van der Waals surface area contributed by atoms with E-state index in [0.29, 0.717) is 12.5 Å². The molecule has 0 bridgehead atoms. The minimum absolute atomic E-state index is 0.0433. The van der Waals surface area contributed by atoms with E-state index in [1.54, 1.807) is 0 Å². The highest BCUT2D eigenvalue weighted by molar-refractivity contribution is 6.04. The van der Waals surface area contributed by atoms with Gasteiger partial charge in [-0.05, 0) is 75.3 Å². The number of aliphatic hydroxyl groups is 1. The van der Waals surface area contributed by atoms with Crippen LogP contribution in [0.2, 0.25) is 0 Å². The van der Waals surface area contributed by atoms with Crippen molar-refractivity contribution in [2.75, 3.05) is 0 Å². The van der Waals surface area contributed by atoms with Gasteiger partial charge in [0.05, 0.1) is 17.2 Å². The number of benzene rings is 1. The molecule has 2 aromatic rings. The molecule has 1 aliphatic heterocycles. The van der Waals surface area contributed by atoms with Crippen LogP contribution < -0.4 is 0 Å². The van der Waals surface area contributed by atoms with Crippen molar-refractivity contribution in [3.05, 3.63) is 52.8 Å². The summed E-state index contributed by atoms with van der Waals surface area (Å²) >= 11 is 0. The Morgan fingerprint density at radius 2 is 1.85 bits per heavy atom. The van der Waals surface area contributed by atoms with E-state index in [0.717, 1.165) is 46.5 Å². The number of aromatic nitrogens is 1. The Morgan fingerprint density at radius 3 is 2.42 bits per heavy atom. The van der Waals surface area contributed by atoms with E-state index in [1.165, 1.54) is 0 Å². The first-order valence-corrected chi connectivity index (χ1v) is 9.36. The van der Waals surface area contributed by atoms with Gasteiger partial charge >= 0.3 is 0 Å². The summed E-state index contributed by atoms with van der Waals surface area (Å²) in [7, 11) is 0. The number of amides is 1. The third-order valence-corrected chi connectivity index (χ3v) is 5.49. The maximum absolute atomic E-state index is 13.4. The number of hydrogen-bond acceptors (Lipinski definition) is 3. The van der Waals surface area contributed by atoms with Crippen LogP contribution in [0.3, 0.4) is 0 Å². The molecule has 0 saturated heterocycles. The standard InChI is InChI=1S/C22H26N2O2/c1-13-10-17(11-14(2)23-13)18-7-5-6-16-12-24(21(25)19(16)18)20(15-8-9-15)22(3,4)26/h5-7,10-11,15,20,26H,8-9,12H2,1-4H3/t20-/m1/s1. The lowest BCUT2D eigenvalue weighted by molar-refractivity contribution is -0.0224. The molecule has 0 spiro atoms. The van der Waals surface area contributed by atoms with E-state index in [9.17, 15) is 9.90 Å². The first kappa shape index (κ1) is 17.2. The smallest absolute Gasteiger partial charge is 0.255 e. The van der Waals surface area contributed by atoms with Gasteiger partial charge in [-0.2, -0.15) is 0 Å². The molecule has 1 aromatic carbocycles. The van der Waals surface area contributed by atoms with Crippen LogP contribution in [0.5, 0.6) is 0 Å². The average molecular weight is 350 g/mol. The van der Waals surface area contributed by atoms with Crippen molar-refractivity contribution in [2.45, 2.75) is 58.7 Å². The summed E-state index contributed by atoms with van der Waals surface area (Å²) in [6.45, 7) is 8.18. The number of nitrogens with zero attached hydrogens (tertiary/aromatic N) is 2. The topological polar surface area (TPSA) is 53.4 Å². The van der Waals surface area contributed by atoms with E-state index in [2.05, 4.69) is 4.98 Å². The highest BCUT2D eigenvalue weighted by Crippen LogP contribution is 2.44. The zero-order valence-corrected chi connectivity index (χ0v) is 15.9. The number of carbonyl (C=O) groups is 1. The predicted molar refractivity (Wildman–Crippen MR) is 102 cm³/mol. The Labute approximate surface area is 154 Å². The van der Waals surface area contributed by atoms with Crippen LogP contribution >= 0.6 is 0 Å². The largest absolute Gasteiger partial charge is 0.388 e. The van der Waals surface area contributed by atoms with Gasteiger partial charge in [0, 0.05) is 17.9 Å². The Hall–Kier alpha value is -2.20. The molecule has 4 rings (SSSR count). The van der Waals surface area contributed by atoms with E-state index < -0.39 is 5.60 Å². The second kappa shape index (κ2) is 5.92. The summed E-state index contributed by atoms with van der Waals surface area (Å²) < 4.78 is 0. The fourth-order valence-corrected chi connectivity index (χ4v) is 4.46. The lowest BCUT2D eigenvalue weighted by atomic mass is 9.92. The van der Waals surface area contributed by atoms with Gasteiger partial charge in [0.2, 0.25) is 0 Å². The van der Waals surface area contributed by atoms with E-state index in [4.69, 9.17) is 0 Å². The van der Waals surface area contributed by atoms with Crippen LogP contribution in [-0.4, -0.2) is 32.5 Å². The summed E-state index contributed by atoms with van der Waals surface area (Å²) in [6.07, 6.45) is 2.18. The van der Waals surface area contributed by atoms with Crippen molar-refractivity contribution in [3.63, 3.8) is 0 Å². The summed E-state index contributed by atoms with van der Waals surface area (Å²) in [6, 6.07) is 10.0. The Bertz CT molecular complexity index is 858. The lowest BCUT2D eigenvalue weighted by Gasteiger charge is -2.37. The van der Waals surface area contributed by atoms with Gasteiger partial charge in [0.1, 0.15) is 0 Å². The van der Waals surface area contributed by atoms with Crippen molar-refractivity contribution in [3.8, 4) is 11.1 Å². The Balaban J connectivity index is 1.78. The van der Waals surface area contributed by atoms with Crippen molar-refractivity contribution in [1.29, 1.82) is 0 Å². The molecule has 1 atom stereocenters. The van der Waals surface area contributed by atoms with Gasteiger partial charge in [-0.25, -0.2) is 0 Å². The van der Waals surface area contributed by atoms with Gasteiger partial charge in [-0.1, -0.05) is 18.2 Å². The molecule has 4 nitrogen and oxygen atoms in total. The maximum Gasteiger partial charge on any atom is 0.255 e. The molecule has 1 amide bonds. The van der Waals surface area contributed by atoms with Gasteiger partial charge in [-0.15, -0.1) is 0 Å². The Kier molecular flexibility index (Phi) is 3.92. The van der Waals surface area contributed by atoms with Crippen molar-refractivity contribution < 1.29 is 9.90 Å². The first-order valence-electron chi connectivity index (χ1n) is 9.36. The second-order valence-electron chi connectivity index (χ2n) is 8.35. The van der Waals surface area contributed by atoms with Crippen LogP contribution in [0.4, 0.5) is 0 Å².